The maximum absolute atomic E-state index is 12.6. The second-order valence-electron chi connectivity index (χ2n) is 6.94. The molecular weight excluding hydrogens is 310 g/mol. The van der Waals surface area contributed by atoms with Crippen LogP contribution >= 0.6 is 0 Å². The van der Waals surface area contributed by atoms with Crippen LogP contribution in [0.1, 0.15) is 55.0 Å². The highest BCUT2D eigenvalue weighted by Gasteiger charge is 2.21. The molecule has 1 amide bonds. The first kappa shape index (κ1) is 17.5. The molecule has 0 radical (unpaired) electrons. The lowest BCUT2D eigenvalue weighted by Gasteiger charge is -2.21. The summed E-state index contributed by atoms with van der Waals surface area (Å²) in [7, 11) is 0. The van der Waals surface area contributed by atoms with E-state index in [1.54, 1.807) is 0 Å². The molecule has 0 bridgehead atoms. The lowest BCUT2D eigenvalue weighted by molar-refractivity contribution is -0.128. The molecule has 0 fully saturated rings. The molecule has 25 heavy (non-hydrogen) atoms. The quantitative estimate of drug-likeness (QED) is 0.842. The number of hydrogen-bond acceptors (Lipinski definition) is 2. The van der Waals surface area contributed by atoms with E-state index >= 15 is 0 Å². The minimum Gasteiger partial charge on any atom is -0.481 e. The van der Waals surface area contributed by atoms with E-state index in [1.165, 1.54) is 35.1 Å². The van der Waals surface area contributed by atoms with Crippen LogP contribution in [0.3, 0.4) is 0 Å². The summed E-state index contributed by atoms with van der Waals surface area (Å²) in [6.45, 7) is 6.04. The van der Waals surface area contributed by atoms with E-state index in [-0.39, 0.29) is 11.9 Å². The van der Waals surface area contributed by atoms with Gasteiger partial charge in [0.1, 0.15) is 5.75 Å². The van der Waals surface area contributed by atoms with Gasteiger partial charge in [-0.1, -0.05) is 42.8 Å². The minimum atomic E-state index is -0.473. The molecule has 2 aromatic rings. The molecule has 1 N–H and O–H groups in total. The fourth-order valence-corrected chi connectivity index (χ4v) is 3.35. The summed E-state index contributed by atoms with van der Waals surface area (Å²) in [6, 6.07) is 14.4. The predicted octanol–water partition coefficient (Wildman–Crippen LogP) is 4.52. The summed E-state index contributed by atoms with van der Waals surface area (Å²) in [5.41, 5.74) is 5.23. The molecule has 0 aromatic heterocycles. The fourth-order valence-electron chi connectivity index (χ4n) is 3.35. The highest BCUT2D eigenvalue weighted by atomic mass is 16.5. The molecule has 1 aliphatic rings. The zero-order valence-electron chi connectivity index (χ0n) is 15.3. The van der Waals surface area contributed by atoms with Gasteiger partial charge in [0, 0.05) is 0 Å². The van der Waals surface area contributed by atoms with Crippen LogP contribution in [0.25, 0.3) is 0 Å². The van der Waals surface area contributed by atoms with Gasteiger partial charge < -0.3 is 10.1 Å². The first-order chi connectivity index (χ1) is 12.1. The number of carbonyl (C=O) groups is 1. The summed E-state index contributed by atoms with van der Waals surface area (Å²) < 4.78 is 5.88. The Kier molecular flexibility index (Phi) is 5.42. The third kappa shape index (κ3) is 4.22. The topological polar surface area (TPSA) is 38.3 Å². The monoisotopic (exact) mass is 337 g/mol. The molecule has 0 saturated heterocycles. The lowest BCUT2D eigenvalue weighted by Crippen LogP contribution is -2.39. The number of ether oxygens (including phenoxy) is 1. The van der Waals surface area contributed by atoms with Gasteiger partial charge in [0.2, 0.25) is 0 Å². The highest BCUT2D eigenvalue weighted by Crippen LogP contribution is 2.25. The second-order valence-corrected chi connectivity index (χ2v) is 6.94. The average Bonchev–Trinajstić information content (AvgIpc) is 3.08. The smallest absolute Gasteiger partial charge is 0.261 e. The molecule has 132 valence electrons. The SMILES string of the molecule is CC[C@H](Oc1ccc(C)cc1)C(=O)N[C@@H](C)c1ccc2c(c1)CCC2. The molecule has 0 unspecified atom stereocenters. The Balaban J connectivity index is 1.63. The molecule has 0 aliphatic heterocycles. The summed E-state index contributed by atoms with van der Waals surface area (Å²) in [6.07, 6.45) is 3.73. The van der Waals surface area contributed by atoms with Crippen LogP contribution in [-0.2, 0) is 17.6 Å². The number of nitrogens with one attached hydrogen (secondary N) is 1. The van der Waals surface area contributed by atoms with Crippen LogP contribution in [0.15, 0.2) is 42.5 Å². The maximum atomic E-state index is 12.6. The zero-order valence-corrected chi connectivity index (χ0v) is 15.3. The first-order valence-corrected chi connectivity index (χ1v) is 9.22. The van der Waals surface area contributed by atoms with E-state index in [1.807, 2.05) is 45.0 Å². The normalized spacial score (nSPS) is 15.3. The number of amides is 1. The van der Waals surface area contributed by atoms with Crippen molar-refractivity contribution in [3.63, 3.8) is 0 Å². The third-order valence-corrected chi connectivity index (χ3v) is 4.94. The van der Waals surface area contributed by atoms with Crippen molar-refractivity contribution in [1.82, 2.24) is 5.32 Å². The van der Waals surface area contributed by atoms with Gasteiger partial charge >= 0.3 is 0 Å². The van der Waals surface area contributed by atoms with Crippen LogP contribution in [0.4, 0.5) is 0 Å². The van der Waals surface area contributed by atoms with Crippen molar-refractivity contribution in [3.8, 4) is 5.75 Å². The molecule has 3 rings (SSSR count). The van der Waals surface area contributed by atoms with E-state index in [0.29, 0.717) is 6.42 Å². The number of benzene rings is 2. The lowest BCUT2D eigenvalue weighted by atomic mass is 10.0. The van der Waals surface area contributed by atoms with E-state index in [9.17, 15) is 4.79 Å². The van der Waals surface area contributed by atoms with Gasteiger partial charge in [-0.3, -0.25) is 4.79 Å². The maximum Gasteiger partial charge on any atom is 0.261 e. The van der Waals surface area contributed by atoms with E-state index in [4.69, 9.17) is 4.74 Å². The summed E-state index contributed by atoms with van der Waals surface area (Å²) >= 11 is 0. The number of aryl methyl sites for hydroxylation is 3. The molecule has 3 nitrogen and oxygen atoms in total. The number of fused-ring (bicyclic) bond motifs is 1. The van der Waals surface area contributed by atoms with Crippen LogP contribution in [0.2, 0.25) is 0 Å². The van der Waals surface area contributed by atoms with Crippen molar-refractivity contribution in [2.24, 2.45) is 0 Å². The van der Waals surface area contributed by atoms with Crippen LogP contribution < -0.4 is 10.1 Å². The van der Waals surface area contributed by atoms with Crippen LogP contribution in [-0.4, -0.2) is 12.0 Å². The molecule has 2 aromatic carbocycles. The van der Waals surface area contributed by atoms with Gasteiger partial charge in [-0.05, 0) is 68.4 Å². The Morgan fingerprint density at radius 3 is 2.56 bits per heavy atom. The van der Waals surface area contributed by atoms with E-state index in [0.717, 1.165) is 12.2 Å². The predicted molar refractivity (Wildman–Crippen MR) is 101 cm³/mol. The van der Waals surface area contributed by atoms with Crippen LogP contribution in [0, 0.1) is 6.92 Å². The van der Waals surface area contributed by atoms with Gasteiger partial charge in [0.05, 0.1) is 6.04 Å². The number of hydrogen-bond donors (Lipinski definition) is 1. The summed E-state index contributed by atoms with van der Waals surface area (Å²) in [5.74, 6) is 0.675. The van der Waals surface area contributed by atoms with Crippen molar-refractivity contribution < 1.29 is 9.53 Å². The third-order valence-electron chi connectivity index (χ3n) is 4.94. The molecule has 2 atom stereocenters. The van der Waals surface area contributed by atoms with Gasteiger partial charge in [-0.15, -0.1) is 0 Å². The standard InChI is InChI=1S/C22H27NO2/c1-4-21(25-20-12-8-15(2)9-13-20)22(24)23-16(3)18-11-10-17-6-5-7-19(17)14-18/h8-14,16,21H,4-7H2,1-3H3,(H,23,24)/t16-,21-/m0/s1. The minimum absolute atomic E-state index is 0.0194. The first-order valence-electron chi connectivity index (χ1n) is 9.22. The number of rotatable bonds is 6. The van der Waals surface area contributed by atoms with Gasteiger partial charge in [0.25, 0.3) is 5.91 Å². The summed E-state index contributed by atoms with van der Waals surface area (Å²) in [4.78, 5) is 12.6. The Hall–Kier alpha value is -2.29. The Morgan fingerprint density at radius 2 is 1.84 bits per heavy atom. The second kappa shape index (κ2) is 7.73. The molecule has 3 heteroatoms. The van der Waals surface area contributed by atoms with Crippen molar-refractivity contribution in [1.29, 1.82) is 0 Å². The Bertz CT molecular complexity index is 736. The van der Waals surface area contributed by atoms with E-state index < -0.39 is 6.10 Å². The zero-order chi connectivity index (χ0) is 17.8. The molecular formula is C22H27NO2. The van der Waals surface area contributed by atoms with Crippen LogP contribution in [0.5, 0.6) is 5.75 Å². The molecule has 0 heterocycles. The average molecular weight is 337 g/mol. The van der Waals surface area contributed by atoms with Gasteiger partial charge in [-0.25, -0.2) is 0 Å². The number of carbonyl (C=O) groups excluding carboxylic acids is 1. The molecule has 0 saturated carbocycles. The van der Waals surface area contributed by atoms with Crippen molar-refractivity contribution in [2.75, 3.05) is 0 Å². The van der Waals surface area contributed by atoms with Crippen molar-refractivity contribution >= 4 is 5.91 Å². The van der Waals surface area contributed by atoms with Gasteiger partial charge in [0.15, 0.2) is 6.10 Å². The highest BCUT2D eigenvalue weighted by molar-refractivity contribution is 5.81. The summed E-state index contributed by atoms with van der Waals surface area (Å²) in [5, 5.41) is 3.11. The Labute approximate surface area is 150 Å². The molecule has 0 spiro atoms. The van der Waals surface area contributed by atoms with Gasteiger partial charge in [-0.2, -0.15) is 0 Å². The van der Waals surface area contributed by atoms with E-state index in [2.05, 4.69) is 23.5 Å². The Morgan fingerprint density at radius 1 is 1.12 bits per heavy atom. The fraction of sp³-hybridized carbons (Fsp3) is 0.409. The molecule has 1 aliphatic carbocycles. The van der Waals surface area contributed by atoms with Crippen molar-refractivity contribution in [3.05, 3.63) is 64.7 Å². The largest absolute Gasteiger partial charge is 0.481 e. The van der Waals surface area contributed by atoms with Crippen molar-refractivity contribution in [2.45, 2.75) is 58.6 Å².